The highest BCUT2D eigenvalue weighted by molar-refractivity contribution is 7.07. The summed E-state index contributed by atoms with van der Waals surface area (Å²) in [5.41, 5.74) is 4.59. The molecule has 2 aromatic carbocycles. The zero-order valence-electron chi connectivity index (χ0n) is 15.2. The monoisotopic (exact) mass is 381 g/mol. The first kappa shape index (κ1) is 18.9. The standard InChI is InChI=1S/C21H23N3O2S/c1-2-16(17-7-4-3-5-8-17)12-22-21(25)24-18-9-6-10-20(11-18)26-13-19-14-27-15-23-19/h3-11,14-16H,2,12-13H2,1H3,(H2,22,24,25). The highest BCUT2D eigenvalue weighted by Crippen LogP contribution is 2.20. The van der Waals surface area contributed by atoms with Crippen LogP contribution in [0.3, 0.4) is 0 Å². The van der Waals surface area contributed by atoms with E-state index in [2.05, 4.69) is 34.7 Å². The molecule has 0 fully saturated rings. The van der Waals surface area contributed by atoms with Crippen LogP contribution in [-0.4, -0.2) is 17.6 Å². The van der Waals surface area contributed by atoms with Crippen LogP contribution in [-0.2, 0) is 6.61 Å². The molecule has 0 saturated carbocycles. The Hall–Kier alpha value is -2.86. The smallest absolute Gasteiger partial charge is 0.319 e. The first-order valence-corrected chi connectivity index (χ1v) is 9.88. The second-order valence-electron chi connectivity index (χ2n) is 6.15. The second kappa shape index (κ2) is 9.73. The molecule has 6 heteroatoms. The molecule has 0 saturated heterocycles. The molecule has 1 heterocycles. The van der Waals surface area contributed by atoms with Gasteiger partial charge in [-0.25, -0.2) is 9.78 Å². The predicted octanol–water partition coefficient (Wildman–Crippen LogP) is 5.04. The molecule has 2 N–H and O–H groups in total. The van der Waals surface area contributed by atoms with E-state index in [0.717, 1.165) is 12.1 Å². The first-order chi connectivity index (χ1) is 13.2. The summed E-state index contributed by atoms with van der Waals surface area (Å²) in [5.74, 6) is 0.987. The number of thiazole rings is 1. The van der Waals surface area contributed by atoms with Gasteiger partial charge in [0.25, 0.3) is 0 Å². The molecule has 0 aliphatic rings. The van der Waals surface area contributed by atoms with Crippen molar-refractivity contribution in [1.29, 1.82) is 0 Å². The van der Waals surface area contributed by atoms with Gasteiger partial charge in [0.15, 0.2) is 0 Å². The molecule has 1 unspecified atom stereocenters. The Bertz CT molecular complexity index is 838. The topological polar surface area (TPSA) is 63.2 Å². The van der Waals surface area contributed by atoms with E-state index in [9.17, 15) is 4.79 Å². The largest absolute Gasteiger partial charge is 0.487 e. The van der Waals surface area contributed by atoms with Crippen molar-refractivity contribution >= 4 is 23.1 Å². The minimum Gasteiger partial charge on any atom is -0.487 e. The van der Waals surface area contributed by atoms with E-state index in [4.69, 9.17) is 4.74 Å². The van der Waals surface area contributed by atoms with Crippen molar-refractivity contribution in [2.24, 2.45) is 0 Å². The maximum absolute atomic E-state index is 12.2. The summed E-state index contributed by atoms with van der Waals surface area (Å²) in [6, 6.07) is 17.4. The van der Waals surface area contributed by atoms with Gasteiger partial charge in [-0.15, -0.1) is 11.3 Å². The number of hydrogen-bond donors (Lipinski definition) is 2. The number of benzene rings is 2. The average molecular weight is 382 g/mol. The molecule has 0 radical (unpaired) electrons. The molecule has 27 heavy (non-hydrogen) atoms. The lowest BCUT2D eigenvalue weighted by atomic mass is 9.97. The minimum absolute atomic E-state index is 0.221. The highest BCUT2D eigenvalue weighted by atomic mass is 32.1. The SMILES string of the molecule is CCC(CNC(=O)Nc1cccc(OCc2cscn2)c1)c1ccccc1. The van der Waals surface area contributed by atoms with Crippen LogP contribution < -0.4 is 15.4 Å². The number of ether oxygens (including phenoxy) is 1. The first-order valence-electron chi connectivity index (χ1n) is 8.94. The summed E-state index contributed by atoms with van der Waals surface area (Å²) >= 11 is 1.54. The number of nitrogens with zero attached hydrogens (tertiary/aromatic N) is 1. The molecule has 0 bridgehead atoms. The van der Waals surface area contributed by atoms with Crippen LogP contribution in [0.2, 0.25) is 0 Å². The van der Waals surface area contributed by atoms with Crippen molar-refractivity contribution in [2.75, 3.05) is 11.9 Å². The normalized spacial score (nSPS) is 11.6. The lowest BCUT2D eigenvalue weighted by Crippen LogP contribution is -2.32. The van der Waals surface area contributed by atoms with Gasteiger partial charge in [-0.1, -0.05) is 43.3 Å². The Morgan fingerprint density at radius 3 is 2.78 bits per heavy atom. The van der Waals surface area contributed by atoms with Crippen LogP contribution in [0, 0.1) is 0 Å². The van der Waals surface area contributed by atoms with Crippen molar-refractivity contribution in [3.05, 3.63) is 76.7 Å². The van der Waals surface area contributed by atoms with E-state index in [-0.39, 0.29) is 6.03 Å². The van der Waals surface area contributed by atoms with E-state index < -0.39 is 0 Å². The molecule has 0 spiro atoms. The Morgan fingerprint density at radius 1 is 1.19 bits per heavy atom. The van der Waals surface area contributed by atoms with Crippen LogP contribution in [0.4, 0.5) is 10.5 Å². The maximum Gasteiger partial charge on any atom is 0.319 e. The number of carbonyl (C=O) groups is 1. The van der Waals surface area contributed by atoms with Crippen LogP contribution in [0.5, 0.6) is 5.75 Å². The third-order valence-corrected chi connectivity index (χ3v) is 4.87. The van der Waals surface area contributed by atoms with Crippen molar-refractivity contribution in [1.82, 2.24) is 10.3 Å². The zero-order chi connectivity index (χ0) is 18.9. The molecule has 3 aromatic rings. The van der Waals surface area contributed by atoms with Gasteiger partial charge >= 0.3 is 6.03 Å². The maximum atomic E-state index is 12.2. The number of carbonyl (C=O) groups excluding carboxylic acids is 1. The van der Waals surface area contributed by atoms with E-state index >= 15 is 0 Å². The summed E-state index contributed by atoms with van der Waals surface area (Å²) in [7, 11) is 0. The van der Waals surface area contributed by atoms with Gasteiger partial charge in [0.2, 0.25) is 0 Å². The number of aromatic nitrogens is 1. The third kappa shape index (κ3) is 5.82. The fraction of sp³-hybridized carbons (Fsp3) is 0.238. The molecular weight excluding hydrogens is 358 g/mol. The summed E-state index contributed by atoms with van der Waals surface area (Å²) in [5, 5.41) is 7.77. The molecule has 1 atom stereocenters. The zero-order valence-corrected chi connectivity index (χ0v) is 16.0. The summed E-state index contributed by atoms with van der Waals surface area (Å²) in [4.78, 5) is 16.4. The molecular formula is C21H23N3O2S. The second-order valence-corrected chi connectivity index (χ2v) is 6.87. The molecule has 3 rings (SSSR count). The molecule has 0 aliphatic carbocycles. The number of urea groups is 1. The highest BCUT2D eigenvalue weighted by Gasteiger charge is 2.11. The summed E-state index contributed by atoms with van der Waals surface area (Å²) in [6.45, 7) is 3.13. The third-order valence-electron chi connectivity index (χ3n) is 4.23. The van der Waals surface area contributed by atoms with Crippen molar-refractivity contribution in [2.45, 2.75) is 25.9 Å². The molecule has 0 aliphatic heterocycles. The Morgan fingerprint density at radius 2 is 2.04 bits per heavy atom. The molecule has 140 valence electrons. The van der Waals surface area contributed by atoms with E-state index in [1.54, 1.807) is 11.6 Å². The minimum atomic E-state index is -0.221. The fourth-order valence-electron chi connectivity index (χ4n) is 2.74. The summed E-state index contributed by atoms with van der Waals surface area (Å²) in [6.07, 6.45) is 0.963. The van der Waals surface area contributed by atoms with E-state index in [1.165, 1.54) is 16.9 Å². The van der Waals surface area contributed by atoms with Gasteiger partial charge in [0, 0.05) is 29.6 Å². The summed E-state index contributed by atoms with van der Waals surface area (Å²) < 4.78 is 5.72. The Labute approximate surface area is 163 Å². The van der Waals surface area contributed by atoms with Gasteiger partial charge in [-0.2, -0.15) is 0 Å². The molecule has 2 amide bonds. The molecule has 1 aromatic heterocycles. The van der Waals surface area contributed by atoms with Crippen LogP contribution in [0.1, 0.15) is 30.5 Å². The number of nitrogens with one attached hydrogen (secondary N) is 2. The van der Waals surface area contributed by atoms with Crippen LogP contribution in [0.15, 0.2) is 65.5 Å². The fourth-order valence-corrected chi connectivity index (χ4v) is 3.29. The lowest BCUT2D eigenvalue weighted by Gasteiger charge is -2.16. The van der Waals surface area contributed by atoms with Crippen LogP contribution in [0.25, 0.3) is 0 Å². The van der Waals surface area contributed by atoms with Gasteiger partial charge < -0.3 is 15.4 Å². The van der Waals surface area contributed by atoms with Crippen molar-refractivity contribution < 1.29 is 9.53 Å². The van der Waals surface area contributed by atoms with Gasteiger partial charge in [0.05, 0.1) is 11.2 Å². The Kier molecular flexibility index (Phi) is 6.82. The number of amides is 2. The van der Waals surface area contributed by atoms with Gasteiger partial charge in [-0.05, 0) is 24.1 Å². The van der Waals surface area contributed by atoms with Gasteiger partial charge in [0.1, 0.15) is 12.4 Å². The quantitative estimate of drug-likeness (QED) is 0.575. The van der Waals surface area contributed by atoms with E-state index in [0.29, 0.717) is 30.5 Å². The molecule has 5 nitrogen and oxygen atoms in total. The number of hydrogen-bond acceptors (Lipinski definition) is 4. The van der Waals surface area contributed by atoms with E-state index in [1.807, 2.05) is 41.8 Å². The lowest BCUT2D eigenvalue weighted by molar-refractivity contribution is 0.251. The van der Waals surface area contributed by atoms with Crippen LogP contribution >= 0.6 is 11.3 Å². The van der Waals surface area contributed by atoms with Crippen molar-refractivity contribution in [3.8, 4) is 5.75 Å². The predicted molar refractivity (Wildman–Crippen MR) is 109 cm³/mol. The Balaban J connectivity index is 1.50. The number of rotatable bonds is 8. The van der Waals surface area contributed by atoms with Crippen molar-refractivity contribution in [3.63, 3.8) is 0 Å². The average Bonchev–Trinajstić information content (AvgIpc) is 3.22. The van der Waals surface area contributed by atoms with Gasteiger partial charge in [-0.3, -0.25) is 0 Å². The number of anilines is 1.